The van der Waals surface area contributed by atoms with E-state index in [2.05, 4.69) is 38.4 Å². The van der Waals surface area contributed by atoms with E-state index in [-0.39, 0.29) is 5.91 Å². The van der Waals surface area contributed by atoms with Crippen LogP contribution in [0, 0.1) is 6.92 Å². The first-order valence-electron chi connectivity index (χ1n) is 8.18. The van der Waals surface area contributed by atoms with E-state index < -0.39 is 0 Å². The largest absolute Gasteiger partial charge is 0.349 e. The fourth-order valence-corrected chi connectivity index (χ4v) is 2.87. The lowest BCUT2D eigenvalue weighted by atomic mass is 10.2. The molecule has 24 heavy (non-hydrogen) atoms. The predicted molar refractivity (Wildman–Crippen MR) is 94.8 cm³/mol. The molecule has 6 nitrogen and oxygen atoms in total. The summed E-state index contributed by atoms with van der Waals surface area (Å²) in [4.78, 5) is 25.4. The van der Waals surface area contributed by atoms with Crippen molar-refractivity contribution in [2.45, 2.75) is 13.3 Å². The first-order chi connectivity index (χ1) is 11.5. The van der Waals surface area contributed by atoms with Gasteiger partial charge in [0.05, 0.1) is 0 Å². The summed E-state index contributed by atoms with van der Waals surface area (Å²) in [6.07, 6.45) is 0.990. The molecule has 6 heteroatoms. The summed E-state index contributed by atoms with van der Waals surface area (Å²) in [5.74, 6) is 1.23. The normalized spacial score (nSPS) is 13.2. The van der Waals surface area contributed by atoms with Gasteiger partial charge in [-0.1, -0.05) is 18.2 Å². The lowest BCUT2D eigenvalue weighted by Crippen LogP contribution is -2.32. The highest BCUT2D eigenvalue weighted by Crippen LogP contribution is 2.33. The van der Waals surface area contributed by atoms with Crippen molar-refractivity contribution in [1.29, 1.82) is 0 Å². The Morgan fingerprint density at radius 3 is 2.88 bits per heavy atom. The van der Waals surface area contributed by atoms with Gasteiger partial charge in [-0.05, 0) is 39.1 Å². The van der Waals surface area contributed by atoms with Gasteiger partial charge in [0, 0.05) is 31.4 Å². The number of para-hydroxylation sites is 1. The number of likely N-dealkylation sites (N-methyl/N-ethyl adjacent to an activating group) is 1. The second kappa shape index (κ2) is 6.97. The van der Waals surface area contributed by atoms with E-state index in [0.717, 1.165) is 31.0 Å². The molecule has 1 aliphatic heterocycles. The number of hydrogen-bond donors (Lipinski definition) is 1. The molecule has 3 rings (SSSR count). The number of amides is 1. The van der Waals surface area contributed by atoms with Gasteiger partial charge >= 0.3 is 0 Å². The van der Waals surface area contributed by atoms with Crippen LogP contribution in [0.25, 0.3) is 0 Å². The second-order valence-electron chi connectivity index (χ2n) is 6.25. The Labute approximate surface area is 142 Å². The van der Waals surface area contributed by atoms with Gasteiger partial charge in [0.15, 0.2) is 0 Å². The van der Waals surface area contributed by atoms with Crippen LogP contribution in [0.15, 0.2) is 30.3 Å². The number of carbonyl (C=O) groups is 1. The first-order valence-corrected chi connectivity index (χ1v) is 8.18. The number of nitrogens with one attached hydrogen (secondary N) is 1. The molecule has 0 bridgehead atoms. The fraction of sp³-hybridized carbons (Fsp3) is 0.389. The van der Waals surface area contributed by atoms with Gasteiger partial charge in [-0.15, -0.1) is 0 Å². The molecular formula is C18H23N5O. The third-order valence-corrected chi connectivity index (χ3v) is 4.07. The zero-order valence-corrected chi connectivity index (χ0v) is 14.4. The van der Waals surface area contributed by atoms with Crippen molar-refractivity contribution in [3.63, 3.8) is 0 Å². The molecule has 1 aromatic heterocycles. The molecule has 1 N–H and O–H groups in total. The molecule has 1 aliphatic rings. The third-order valence-electron chi connectivity index (χ3n) is 4.07. The van der Waals surface area contributed by atoms with Crippen molar-refractivity contribution in [1.82, 2.24) is 20.2 Å². The number of hydrogen-bond acceptors (Lipinski definition) is 5. The Morgan fingerprint density at radius 2 is 2.08 bits per heavy atom. The molecule has 0 spiro atoms. The number of aromatic nitrogens is 2. The average Bonchev–Trinajstić information content (AvgIpc) is 2.98. The maximum atomic E-state index is 12.4. The minimum Gasteiger partial charge on any atom is -0.349 e. The van der Waals surface area contributed by atoms with Crippen LogP contribution in [0.4, 0.5) is 11.5 Å². The van der Waals surface area contributed by atoms with Crippen LogP contribution in [0.1, 0.15) is 21.9 Å². The molecular weight excluding hydrogens is 302 g/mol. The zero-order chi connectivity index (χ0) is 17.1. The van der Waals surface area contributed by atoms with E-state index in [1.807, 2.05) is 32.0 Å². The smallest absolute Gasteiger partial charge is 0.270 e. The fourth-order valence-electron chi connectivity index (χ4n) is 2.87. The minimum atomic E-state index is -0.156. The summed E-state index contributed by atoms with van der Waals surface area (Å²) in [5.41, 5.74) is 2.89. The maximum absolute atomic E-state index is 12.4. The van der Waals surface area contributed by atoms with Crippen LogP contribution in [-0.2, 0) is 6.42 Å². The average molecular weight is 325 g/mol. The second-order valence-corrected chi connectivity index (χ2v) is 6.25. The van der Waals surface area contributed by atoms with E-state index in [9.17, 15) is 4.79 Å². The Balaban J connectivity index is 1.81. The lowest BCUT2D eigenvalue weighted by Gasteiger charge is -2.19. The molecule has 0 atom stereocenters. The van der Waals surface area contributed by atoms with E-state index >= 15 is 0 Å². The Hall–Kier alpha value is -2.47. The van der Waals surface area contributed by atoms with Crippen LogP contribution >= 0.6 is 0 Å². The van der Waals surface area contributed by atoms with Crippen molar-refractivity contribution in [3.8, 4) is 0 Å². The summed E-state index contributed by atoms with van der Waals surface area (Å²) in [7, 11) is 3.95. The highest BCUT2D eigenvalue weighted by atomic mass is 16.1. The van der Waals surface area contributed by atoms with E-state index in [0.29, 0.717) is 18.1 Å². The van der Waals surface area contributed by atoms with Crippen LogP contribution in [0.3, 0.4) is 0 Å². The standard InChI is InChI=1S/C18H23N5O/c1-13-20-15(18(24)19-9-11-22(2)3)12-17(21-13)23-10-8-14-6-4-5-7-16(14)23/h4-7,12H,8-11H2,1-3H3,(H,19,24). The summed E-state index contributed by atoms with van der Waals surface area (Å²) in [5, 5.41) is 2.91. The molecule has 0 radical (unpaired) electrons. The number of rotatable bonds is 5. The molecule has 126 valence electrons. The highest BCUT2D eigenvalue weighted by Gasteiger charge is 2.22. The number of carbonyl (C=O) groups excluding carboxylic acids is 1. The van der Waals surface area contributed by atoms with Crippen LogP contribution < -0.4 is 10.2 Å². The maximum Gasteiger partial charge on any atom is 0.270 e. The van der Waals surface area contributed by atoms with Crippen LogP contribution in [-0.4, -0.2) is 54.5 Å². The van der Waals surface area contributed by atoms with Gasteiger partial charge in [-0.3, -0.25) is 4.79 Å². The molecule has 2 aromatic rings. The van der Waals surface area contributed by atoms with Crippen molar-refractivity contribution < 1.29 is 4.79 Å². The van der Waals surface area contributed by atoms with Crippen molar-refractivity contribution in [2.75, 3.05) is 38.6 Å². The van der Waals surface area contributed by atoms with Gasteiger partial charge in [0.2, 0.25) is 0 Å². The molecule has 1 aromatic carbocycles. The van der Waals surface area contributed by atoms with Crippen molar-refractivity contribution in [3.05, 3.63) is 47.4 Å². The Morgan fingerprint density at radius 1 is 1.29 bits per heavy atom. The van der Waals surface area contributed by atoms with Gasteiger partial charge in [0.1, 0.15) is 17.3 Å². The molecule has 1 amide bonds. The lowest BCUT2D eigenvalue weighted by molar-refractivity contribution is 0.0945. The van der Waals surface area contributed by atoms with Gasteiger partial charge in [-0.2, -0.15) is 0 Å². The number of nitrogens with zero attached hydrogens (tertiary/aromatic N) is 4. The summed E-state index contributed by atoms with van der Waals surface area (Å²) >= 11 is 0. The minimum absolute atomic E-state index is 0.156. The quantitative estimate of drug-likeness (QED) is 0.908. The molecule has 0 saturated heterocycles. The van der Waals surface area contributed by atoms with Crippen molar-refractivity contribution in [2.24, 2.45) is 0 Å². The number of benzene rings is 1. The molecule has 0 unspecified atom stereocenters. The van der Waals surface area contributed by atoms with Gasteiger partial charge in [-0.25, -0.2) is 9.97 Å². The first kappa shape index (κ1) is 16.4. The zero-order valence-electron chi connectivity index (χ0n) is 14.4. The summed E-state index contributed by atoms with van der Waals surface area (Å²) in [6, 6.07) is 10.1. The molecule has 0 fully saturated rings. The van der Waals surface area contributed by atoms with Crippen LogP contribution in [0.2, 0.25) is 0 Å². The third kappa shape index (κ3) is 3.54. The van der Waals surface area contributed by atoms with Crippen molar-refractivity contribution >= 4 is 17.4 Å². The van der Waals surface area contributed by atoms with E-state index in [1.165, 1.54) is 5.56 Å². The molecule has 0 saturated carbocycles. The molecule has 2 heterocycles. The number of anilines is 2. The Kier molecular flexibility index (Phi) is 4.76. The molecule has 0 aliphatic carbocycles. The van der Waals surface area contributed by atoms with Gasteiger partial charge < -0.3 is 15.1 Å². The predicted octanol–water partition coefficient (Wildman–Crippen LogP) is 1.77. The monoisotopic (exact) mass is 325 g/mol. The number of fused-ring (bicyclic) bond motifs is 1. The Bertz CT molecular complexity index is 744. The van der Waals surface area contributed by atoms with Gasteiger partial charge in [0.25, 0.3) is 5.91 Å². The SMILES string of the molecule is Cc1nc(C(=O)NCCN(C)C)cc(N2CCc3ccccc32)n1. The van der Waals surface area contributed by atoms with Crippen LogP contribution in [0.5, 0.6) is 0 Å². The summed E-state index contributed by atoms with van der Waals surface area (Å²) < 4.78 is 0. The topological polar surface area (TPSA) is 61.4 Å². The number of aryl methyl sites for hydroxylation is 1. The van der Waals surface area contributed by atoms with E-state index in [4.69, 9.17) is 0 Å². The summed E-state index contributed by atoms with van der Waals surface area (Å²) in [6.45, 7) is 4.08. The highest BCUT2D eigenvalue weighted by molar-refractivity contribution is 5.93. The van der Waals surface area contributed by atoms with E-state index in [1.54, 1.807) is 6.07 Å².